The van der Waals surface area contributed by atoms with Crippen LogP contribution in [0.15, 0.2) is 18.2 Å². The first-order valence-corrected chi connectivity index (χ1v) is 10.2. The first kappa shape index (κ1) is 22.7. The van der Waals surface area contributed by atoms with Crippen LogP contribution in [0.5, 0.6) is 0 Å². The molecule has 1 unspecified atom stereocenters. The molecule has 0 aromatic heterocycles. The fraction of sp³-hybridized carbons (Fsp3) is 0.696. The lowest BCUT2D eigenvalue weighted by Gasteiger charge is -2.37. The number of carbonyl (C=O) groups is 1. The minimum absolute atomic E-state index is 0.0985. The molecule has 1 aromatic rings. The molecule has 0 aliphatic heterocycles. The van der Waals surface area contributed by atoms with Crippen LogP contribution in [0.25, 0.3) is 0 Å². The Morgan fingerprint density at radius 3 is 2.08 bits per heavy atom. The van der Waals surface area contributed by atoms with Gasteiger partial charge in [0.2, 0.25) is 5.91 Å². The van der Waals surface area contributed by atoms with Crippen molar-refractivity contribution >= 4 is 11.6 Å². The molecule has 2 nitrogen and oxygen atoms in total. The van der Waals surface area contributed by atoms with Gasteiger partial charge < -0.3 is 4.90 Å². The zero-order chi connectivity index (χ0) is 19.9. The number of aryl methyl sites for hydroxylation is 1. The molecule has 1 atom stereocenters. The van der Waals surface area contributed by atoms with E-state index in [2.05, 4.69) is 34.6 Å². The van der Waals surface area contributed by atoms with Crippen molar-refractivity contribution < 1.29 is 9.18 Å². The fourth-order valence-electron chi connectivity index (χ4n) is 3.16. The van der Waals surface area contributed by atoms with E-state index in [0.29, 0.717) is 5.56 Å². The van der Waals surface area contributed by atoms with E-state index in [0.717, 1.165) is 44.2 Å². The second-order valence-corrected chi connectivity index (χ2v) is 8.67. The number of carbonyl (C=O) groups excluding carboxylic acids is 1. The normalized spacial score (nSPS) is 13.1. The summed E-state index contributed by atoms with van der Waals surface area (Å²) in [6, 6.07) is 5.26. The molecule has 0 aliphatic rings. The topological polar surface area (TPSA) is 20.3 Å². The van der Waals surface area contributed by atoms with Gasteiger partial charge in [0.25, 0.3) is 0 Å². The largest absolute Gasteiger partial charge is 0.309 e. The summed E-state index contributed by atoms with van der Waals surface area (Å²) in [5.41, 5.74) is 1.32. The highest BCUT2D eigenvalue weighted by Gasteiger charge is 2.34. The number of hydrogen-bond donors (Lipinski definition) is 0. The number of hydrogen-bond acceptors (Lipinski definition) is 1. The molecule has 1 aromatic carbocycles. The summed E-state index contributed by atoms with van der Waals surface area (Å²) in [7, 11) is 0. The maximum absolute atomic E-state index is 13.8. The van der Waals surface area contributed by atoms with Crippen LogP contribution >= 0.6 is 0 Å². The van der Waals surface area contributed by atoms with E-state index in [1.807, 2.05) is 17.9 Å². The molecule has 1 rings (SSSR count). The van der Waals surface area contributed by atoms with Gasteiger partial charge in [-0.05, 0) is 48.9 Å². The van der Waals surface area contributed by atoms with E-state index in [4.69, 9.17) is 0 Å². The van der Waals surface area contributed by atoms with Crippen LogP contribution in [0.4, 0.5) is 10.1 Å². The van der Waals surface area contributed by atoms with Crippen LogP contribution in [0.3, 0.4) is 0 Å². The minimum Gasteiger partial charge on any atom is -0.309 e. The van der Waals surface area contributed by atoms with Crippen LogP contribution in [-0.4, -0.2) is 11.9 Å². The number of rotatable bonds is 9. The molecule has 0 aliphatic carbocycles. The van der Waals surface area contributed by atoms with E-state index in [1.54, 1.807) is 13.0 Å². The quantitative estimate of drug-likeness (QED) is 0.467. The van der Waals surface area contributed by atoms with Crippen molar-refractivity contribution in [2.24, 2.45) is 11.3 Å². The van der Waals surface area contributed by atoms with Crippen LogP contribution < -0.4 is 4.90 Å². The first-order valence-electron chi connectivity index (χ1n) is 10.2. The molecule has 148 valence electrons. The number of amides is 1. The lowest BCUT2D eigenvalue weighted by Crippen LogP contribution is -2.46. The van der Waals surface area contributed by atoms with E-state index < -0.39 is 0 Å². The smallest absolute Gasteiger partial charge is 0.230 e. The third-order valence-corrected chi connectivity index (χ3v) is 5.47. The zero-order valence-corrected chi connectivity index (χ0v) is 17.9. The van der Waals surface area contributed by atoms with Gasteiger partial charge >= 0.3 is 0 Å². The summed E-state index contributed by atoms with van der Waals surface area (Å²) in [6.45, 7) is 14.5. The fourth-order valence-corrected chi connectivity index (χ4v) is 3.16. The molecule has 0 fully saturated rings. The summed E-state index contributed by atoms with van der Waals surface area (Å²) in [5.74, 6) is -0.164. The molecule has 0 saturated carbocycles. The average molecular weight is 364 g/mol. The highest BCUT2D eigenvalue weighted by Crippen LogP contribution is 2.32. The molecule has 1 amide bonds. The molecule has 26 heavy (non-hydrogen) atoms. The summed E-state index contributed by atoms with van der Waals surface area (Å²) >= 11 is 0. The number of nitrogens with zero attached hydrogens (tertiary/aromatic N) is 1. The minimum atomic E-state index is -0.219. The third kappa shape index (κ3) is 6.10. The van der Waals surface area contributed by atoms with Crippen LogP contribution in [-0.2, 0) is 4.79 Å². The predicted octanol–water partition coefficient (Wildman–Crippen LogP) is 6.90. The number of benzene rings is 1. The lowest BCUT2D eigenvalue weighted by atomic mass is 9.80. The van der Waals surface area contributed by atoms with Crippen LogP contribution in [0, 0.1) is 24.1 Å². The van der Waals surface area contributed by atoms with Gasteiger partial charge in [0, 0.05) is 17.6 Å². The Bertz CT molecular complexity index is 568. The monoisotopic (exact) mass is 363 g/mol. The van der Waals surface area contributed by atoms with Crippen molar-refractivity contribution in [1.29, 1.82) is 0 Å². The lowest BCUT2D eigenvalue weighted by molar-refractivity contribution is -0.125. The van der Waals surface area contributed by atoms with E-state index in [9.17, 15) is 9.18 Å². The molecule has 0 N–H and O–H groups in total. The van der Waals surface area contributed by atoms with Gasteiger partial charge in [-0.25, -0.2) is 4.39 Å². The van der Waals surface area contributed by atoms with Crippen LogP contribution in [0.1, 0.15) is 85.6 Å². The van der Waals surface area contributed by atoms with Crippen molar-refractivity contribution in [1.82, 2.24) is 0 Å². The Hall–Kier alpha value is -1.38. The third-order valence-electron chi connectivity index (χ3n) is 5.47. The molecule has 3 heteroatoms. The van der Waals surface area contributed by atoms with E-state index in [-0.39, 0.29) is 29.1 Å². The Labute approximate surface area is 160 Å². The Balaban J connectivity index is 3.32. The number of halogens is 1. The maximum Gasteiger partial charge on any atom is 0.230 e. The van der Waals surface area contributed by atoms with Gasteiger partial charge in [-0.1, -0.05) is 67.2 Å². The van der Waals surface area contributed by atoms with E-state index >= 15 is 0 Å². The standard InChI is InChI=1S/C23H38FNO/c1-8-10-12-19(13-11-9-2)25(22(26)18(4)23(5,6)7)20-14-15-21(24)17(3)16-20/h14-16,18-19H,8-13H2,1-7H3. The Kier molecular flexibility index (Phi) is 8.79. The van der Waals surface area contributed by atoms with Gasteiger partial charge in [0.15, 0.2) is 0 Å². The zero-order valence-electron chi connectivity index (χ0n) is 17.9. The molecular weight excluding hydrogens is 325 g/mol. The molecule has 0 spiro atoms. The molecule has 0 radical (unpaired) electrons. The van der Waals surface area contributed by atoms with Gasteiger partial charge in [-0.15, -0.1) is 0 Å². The van der Waals surface area contributed by atoms with Gasteiger partial charge in [0.05, 0.1) is 0 Å². The Morgan fingerprint density at radius 2 is 1.65 bits per heavy atom. The first-order chi connectivity index (χ1) is 12.1. The van der Waals surface area contributed by atoms with Crippen molar-refractivity contribution in [3.8, 4) is 0 Å². The van der Waals surface area contributed by atoms with Gasteiger partial charge in [0.1, 0.15) is 5.82 Å². The second-order valence-electron chi connectivity index (χ2n) is 8.67. The SMILES string of the molecule is CCCCC(CCCC)N(C(=O)C(C)C(C)(C)C)c1ccc(F)c(C)c1. The van der Waals surface area contributed by atoms with Crippen molar-refractivity contribution in [2.75, 3.05) is 4.90 Å². The second kappa shape index (κ2) is 10.1. The summed E-state index contributed by atoms with van der Waals surface area (Å²) in [6.07, 6.45) is 6.42. The van der Waals surface area contributed by atoms with Crippen molar-refractivity contribution in [2.45, 2.75) is 93.0 Å². The highest BCUT2D eigenvalue weighted by atomic mass is 19.1. The summed E-state index contributed by atoms with van der Waals surface area (Å²) < 4.78 is 13.8. The molecular formula is C23H38FNO. The van der Waals surface area contributed by atoms with Crippen molar-refractivity contribution in [3.63, 3.8) is 0 Å². The number of anilines is 1. The van der Waals surface area contributed by atoms with Crippen LogP contribution in [0.2, 0.25) is 0 Å². The van der Waals surface area contributed by atoms with Crippen molar-refractivity contribution in [3.05, 3.63) is 29.6 Å². The Morgan fingerprint density at radius 1 is 1.12 bits per heavy atom. The van der Waals surface area contributed by atoms with Gasteiger partial charge in [-0.3, -0.25) is 4.79 Å². The maximum atomic E-state index is 13.8. The summed E-state index contributed by atoms with van der Waals surface area (Å²) in [4.78, 5) is 15.5. The summed E-state index contributed by atoms with van der Waals surface area (Å²) in [5, 5.41) is 0. The molecule has 0 heterocycles. The molecule has 0 bridgehead atoms. The molecule has 0 saturated heterocycles. The van der Waals surface area contributed by atoms with Gasteiger partial charge in [-0.2, -0.15) is 0 Å². The average Bonchev–Trinajstić information content (AvgIpc) is 2.58. The number of unbranched alkanes of at least 4 members (excludes halogenated alkanes) is 2. The van der Waals surface area contributed by atoms with E-state index in [1.165, 1.54) is 6.07 Å². The highest BCUT2D eigenvalue weighted by molar-refractivity contribution is 5.96. The predicted molar refractivity (Wildman–Crippen MR) is 110 cm³/mol.